The number of aryl methyl sites for hydroxylation is 1. The lowest BCUT2D eigenvalue weighted by Crippen LogP contribution is -2.01. The maximum absolute atomic E-state index is 9.54. The van der Waals surface area contributed by atoms with Crippen LogP contribution in [-0.4, -0.2) is 16.8 Å². The molecule has 0 heterocycles. The van der Waals surface area contributed by atoms with E-state index in [0.717, 1.165) is 11.1 Å². The van der Waals surface area contributed by atoms with Gasteiger partial charge in [0.1, 0.15) is 0 Å². The van der Waals surface area contributed by atoms with Gasteiger partial charge in [-0.15, -0.1) is 0 Å². The van der Waals surface area contributed by atoms with E-state index in [2.05, 4.69) is 0 Å². The lowest BCUT2D eigenvalue weighted by Gasteiger charge is -2.11. The molecule has 0 saturated heterocycles. The Hall–Kier alpha value is -0.860. The molecule has 0 radical (unpaired) electrons. The number of hydrogen-bond donors (Lipinski definition) is 2. The molecular formula is C10H14O2. The summed E-state index contributed by atoms with van der Waals surface area (Å²) < 4.78 is 0. The van der Waals surface area contributed by atoms with Gasteiger partial charge in [0.25, 0.3) is 0 Å². The van der Waals surface area contributed by atoms with Gasteiger partial charge >= 0.3 is 0 Å². The van der Waals surface area contributed by atoms with Gasteiger partial charge < -0.3 is 10.2 Å². The van der Waals surface area contributed by atoms with E-state index in [4.69, 9.17) is 5.11 Å². The molecule has 2 N–H and O–H groups in total. The first-order chi connectivity index (χ1) is 5.75. The zero-order chi connectivity index (χ0) is 8.97. The molecular weight excluding hydrogens is 152 g/mol. The minimum atomic E-state index is -0.531. The van der Waals surface area contributed by atoms with Gasteiger partial charge in [0.2, 0.25) is 0 Å². The van der Waals surface area contributed by atoms with Crippen molar-refractivity contribution < 1.29 is 10.2 Å². The van der Waals surface area contributed by atoms with E-state index < -0.39 is 6.10 Å². The highest BCUT2D eigenvalue weighted by molar-refractivity contribution is 5.27. The molecule has 0 aliphatic heterocycles. The van der Waals surface area contributed by atoms with Crippen LogP contribution in [0.5, 0.6) is 0 Å². The Kier molecular flexibility index (Phi) is 3.26. The van der Waals surface area contributed by atoms with Crippen molar-refractivity contribution in [2.24, 2.45) is 0 Å². The van der Waals surface area contributed by atoms with Crippen molar-refractivity contribution in [3.05, 3.63) is 35.4 Å². The lowest BCUT2D eigenvalue weighted by molar-refractivity contribution is 0.134. The molecule has 1 unspecified atom stereocenters. The van der Waals surface area contributed by atoms with E-state index >= 15 is 0 Å². The molecule has 0 aliphatic rings. The summed E-state index contributed by atoms with van der Waals surface area (Å²) in [6.07, 6.45) is -0.124. The molecule has 0 amide bonds. The van der Waals surface area contributed by atoms with Crippen molar-refractivity contribution >= 4 is 0 Å². The summed E-state index contributed by atoms with van der Waals surface area (Å²) in [5.41, 5.74) is 1.98. The topological polar surface area (TPSA) is 40.5 Å². The summed E-state index contributed by atoms with van der Waals surface area (Å²) in [5.74, 6) is 0. The third-order valence-electron chi connectivity index (χ3n) is 1.95. The largest absolute Gasteiger partial charge is 0.396 e. The average molecular weight is 166 g/mol. The van der Waals surface area contributed by atoms with Gasteiger partial charge in [0, 0.05) is 13.0 Å². The molecule has 1 rings (SSSR count). The van der Waals surface area contributed by atoms with Crippen LogP contribution in [0.25, 0.3) is 0 Å². The molecule has 66 valence electrons. The number of aliphatic hydroxyl groups is 2. The van der Waals surface area contributed by atoms with Crippen LogP contribution in [0.3, 0.4) is 0 Å². The summed E-state index contributed by atoms with van der Waals surface area (Å²) in [5, 5.41) is 18.2. The monoisotopic (exact) mass is 166 g/mol. The first-order valence-electron chi connectivity index (χ1n) is 4.10. The number of rotatable bonds is 3. The average Bonchev–Trinajstić information content (AvgIpc) is 2.05. The minimum absolute atomic E-state index is 0.0233. The third-order valence-corrected chi connectivity index (χ3v) is 1.95. The first-order valence-corrected chi connectivity index (χ1v) is 4.10. The van der Waals surface area contributed by atoms with Gasteiger partial charge in [0.15, 0.2) is 0 Å². The Labute approximate surface area is 72.5 Å². The molecule has 2 nitrogen and oxygen atoms in total. The first kappa shape index (κ1) is 9.23. The van der Waals surface area contributed by atoms with Crippen molar-refractivity contribution in [3.8, 4) is 0 Å². The van der Waals surface area contributed by atoms with Crippen molar-refractivity contribution in [2.45, 2.75) is 19.4 Å². The zero-order valence-electron chi connectivity index (χ0n) is 7.20. The maximum Gasteiger partial charge on any atom is 0.0814 e. The van der Waals surface area contributed by atoms with E-state index in [1.807, 2.05) is 31.2 Å². The number of benzene rings is 1. The standard InChI is InChI=1S/C10H14O2/c1-8-4-2-3-5-9(8)10(12)6-7-11/h2-5,10-12H,6-7H2,1H3. The van der Waals surface area contributed by atoms with Gasteiger partial charge in [-0.05, 0) is 18.1 Å². The fourth-order valence-electron chi connectivity index (χ4n) is 1.24. The van der Waals surface area contributed by atoms with E-state index in [-0.39, 0.29) is 6.61 Å². The minimum Gasteiger partial charge on any atom is -0.396 e. The summed E-state index contributed by atoms with van der Waals surface area (Å²) >= 11 is 0. The third kappa shape index (κ3) is 2.06. The SMILES string of the molecule is Cc1ccccc1C(O)CCO. The summed E-state index contributed by atoms with van der Waals surface area (Å²) in [6, 6.07) is 7.67. The van der Waals surface area contributed by atoms with Crippen LogP contribution in [0.1, 0.15) is 23.7 Å². The van der Waals surface area contributed by atoms with Crippen molar-refractivity contribution in [3.63, 3.8) is 0 Å². The predicted molar refractivity (Wildman–Crippen MR) is 47.8 cm³/mol. The van der Waals surface area contributed by atoms with Crippen LogP contribution in [0.2, 0.25) is 0 Å². The fourth-order valence-corrected chi connectivity index (χ4v) is 1.24. The summed E-state index contributed by atoms with van der Waals surface area (Å²) in [6.45, 7) is 1.98. The van der Waals surface area contributed by atoms with Crippen LogP contribution in [0, 0.1) is 6.92 Å². The van der Waals surface area contributed by atoms with Crippen molar-refractivity contribution in [1.29, 1.82) is 0 Å². The molecule has 0 aliphatic carbocycles. The Morgan fingerprint density at radius 3 is 2.58 bits per heavy atom. The quantitative estimate of drug-likeness (QED) is 0.712. The van der Waals surface area contributed by atoms with Gasteiger partial charge in [-0.25, -0.2) is 0 Å². The highest BCUT2D eigenvalue weighted by Gasteiger charge is 2.07. The molecule has 12 heavy (non-hydrogen) atoms. The van der Waals surface area contributed by atoms with Gasteiger partial charge in [-0.3, -0.25) is 0 Å². The molecule has 1 atom stereocenters. The molecule has 0 spiro atoms. The Balaban J connectivity index is 2.79. The summed E-state index contributed by atoms with van der Waals surface area (Å²) in [7, 11) is 0. The van der Waals surface area contributed by atoms with Crippen LogP contribution in [0.4, 0.5) is 0 Å². The Bertz CT molecular complexity index is 245. The van der Waals surface area contributed by atoms with Crippen LogP contribution in [0.15, 0.2) is 24.3 Å². The summed E-state index contributed by atoms with van der Waals surface area (Å²) in [4.78, 5) is 0. The van der Waals surface area contributed by atoms with Gasteiger partial charge in [-0.1, -0.05) is 24.3 Å². The van der Waals surface area contributed by atoms with Gasteiger partial charge in [-0.2, -0.15) is 0 Å². The smallest absolute Gasteiger partial charge is 0.0814 e. The maximum atomic E-state index is 9.54. The van der Waals surface area contributed by atoms with Crippen molar-refractivity contribution in [1.82, 2.24) is 0 Å². The Morgan fingerprint density at radius 1 is 1.33 bits per heavy atom. The number of aliphatic hydroxyl groups excluding tert-OH is 2. The fraction of sp³-hybridized carbons (Fsp3) is 0.400. The highest BCUT2D eigenvalue weighted by atomic mass is 16.3. The molecule has 0 fully saturated rings. The normalized spacial score (nSPS) is 12.9. The number of hydrogen-bond acceptors (Lipinski definition) is 2. The lowest BCUT2D eigenvalue weighted by atomic mass is 10.0. The molecule has 0 aromatic heterocycles. The zero-order valence-corrected chi connectivity index (χ0v) is 7.20. The van der Waals surface area contributed by atoms with E-state index in [1.165, 1.54) is 0 Å². The second-order valence-electron chi connectivity index (χ2n) is 2.88. The van der Waals surface area contributed by atoms with Crippen LogP contribution < -0.4 is 0 Å². The second kappa shape index (κ2) is 4.24. The van der Waals surface area contributed by atoms with Crippen LogP contribution in [-0.2, 0) is 0 Å². The molecule has 0 bridgehead atoms. The van der Waals surface area contributed by atoms with E-state index in [1.54, 1.807) is 0 Å². The molecule has 2 heteroatoms. The van der Waals surface area contributed by atoms with Gasteiger partial charge in [0.05, 0.1) is 6.10 Å². The highest BCUT2D eigenvalue weighted by Crippen LogP contribution is 2.19. The van der Waals surface area contributed by atoms with Crippen LogP contribution >= 0.6 is 0 Å². The molecule has 0 saturated carbocycles. The molecule has 1 aromatic rings. The molecule has 1 aromatic carbocycles. The Morgan fingerprint density at radius 2 is 2.00 bits per heavy atom. The van der Waals surface area contributed by atoms with Crippen molar-refractivity contribution in [2.75, 3.05) is 6.61 Å². The van der Waals surface area contributed by atoms with E-state index in [0.29, 0.717) is 6.42 Å². The predicted octanol–water partition coefficient (Wildman–Crippen LogP) is 1.41. The van der Waals surface area contributed by atoms with E-state index in [9.17, 15) is 5.11 Å². The second-order valence-corrected chi connectivity index (χ2v) is 2.88.